The number of rotatable bonds is 7. The van der Waals surface area contributed by atoms with E-state index in [0.29, 0.717) is 5.56 Å². The summed E-state index contributed by atoms with van der Waals surface area (Å²) < 4.78 is 7.05. The van der Waals surface area contributed by atoms with Crippen molar-refractivity contribution < 1.29 is 19.2 Å². The lowest BCUT2D eigenvalue weighted by atomic mass is 10.1. The zero-order valence-electron chi connectivity index (χ0n) is 14.7. The number of hydrogen-bond acceptors (Lipinski definition) is 5. The lowest BCUT2D eigenvalue weighted by Crippen LogP contribution is -2.15. The van der Waals surface area contributed by atoms with Crippen LogP contribution in [0.1, 0.15) is 45.4 Å². The third-order valence-electron chi connectivity index (χ3n) is 4.04. The van der Waals surface area contributed by atoms with E-state index in [0.717, 1.165) is 30.4 Å². The SMILES string of the molecule is CCCn1c(C)cc(C(=O)COC(=O)c2cc([N+](=O)[O-])ccc2Cl)c1C. The third kappa shape index (κ3) is 4.11. The highest BCUT2D eigenvalue weighted by molar-refractivity contribution is 6.33. The first kappa shape index (κ1) is 19.7. The number of nitro groups is 1. The van der Waals surface area contributed by atoms with Crippen LogP contribution >= 0.6 is 11.6 Å². The lowest BCUT2D eigenvalue weighted by molar-refractivity contribution is -0.384. The minimum atomic E-state index is -0.880. The molecule has 0 aliphatic rings. The minimum Gasteiger partial charge on any atom is -0.454 e. The zero-order valence-corrected chi connectivity index (χ0v) is 15.5. The van der Waals surface area contributed by atoms with Gasteiger partial charge in [0, 0.05) is 35.6 Å². The summed E-state index contributed by atoms with van der Waals surface area (Å²) in [6, 6.07) is 5.23. The molecule has 1 aromatic heterocycles. The van der Waals surface area contributed by atoms with Crippen LogP contribution in [0.25, 0.3) is 0 Å². The molecule has 8 heteroatoms. The Hall–Kier alpha value is -2.67. The molecular weight excluding hydrogens is 360 g/mol. The number of carbonyl (C=O) groups is 2. The number of benzene rings is 1. The summed E-state index contributed by atoms with van der Waals surface area (Å²) in [6.07, 6.45) is 0.935. The number of esters is 1. The molecule has 2 rings (SSSR count). The molecule has 1 aromatic carbocycles. The predicted octanol–water partition coefficient (Wildman–Crippen LogP) is 4.12. The maximum absolute atomic E-state index is 12.4. The van der Waals surface area contributed by atoms with E-state index in [4.69, 9.17) is 16.3 Å². The standard InChI is InChI=1S/C18H19ClN2O5/c1-4-7-20-11(2)8-14(12(20)3)17(22)10-26-18(23)15-9-13(21(24)25)5-6-16(15)19/h5-6,8-9H,4,7,10H2,1-3H3. The highest BCUT2D eigenvalue weighted by Crippen LogP contribution is 2.23. The molecular formula is C18H19ClN2O5. The van der Waals surface area contributed by atoms with Gasteiger partial charge in [0.2, 0.25) is 5.78 Å². The van der Waals surface area contributed by atoms with Crippen molar-refractivity contribution in [3.05, 3.63) is 61.9 Å². The summed E-state index contributed by atoms with van der Waals surface area (Å²) >= 11 is 5.90. The van der Waals surface area contributed by atoms with Gasteiger partial charge in [-0.1, -0.05) is 18.5 Å². The van der Waals surface area contributed by atoms with Gasteiger partial charge in [0.25, 0.3) is 5.69 Å². The van der Waals surface area contributed by atoms with Gasteiger partial charge < -0.3 is 9.30 Å². The second-order valence-electron chi connectivity index (χ2n) is 5.86. The molecule has 0 atom stereocenters. The quantitative estimate of drug-likeness (QED) is 0.313. The number of nitro benzene ring substituents is 1. The smallest absolute Gasteiger partial charge is 0.340 e. The van der Waals surface area contributed by atoms with Gasteiger partial charge in [0.1, 0.15) is 0 Å². The number of aryl methyl sites for hydroxylation is 1. The van der Waals surface area contributed by atoms with Crippen molar-refractivity contribution in [3.8, 4) is 0 Å². The molecule has 2 aromatic rings. The van der Waals surface area contributed by atoms with E-state index in [1.54, 1.807) is 6.07 Å². The molecule has 0 aliphatic heterocycles. The fraction of sp³-hybridized carbons (Fsp3) is 0.333. The maximum Gasteiger partial charge on any atom is 0.340 e. The summed E-state index contributed by atoms with van der Waals surface area (Å²) in [5.74, 6) is -1.22. The summed E-state index contributed by atoms with van der Waals surface area (Å²) in [5.41, 5.74) is 1.84. The van der Waals surface area contributed by atoms with Crippen LogP contribution in [0.2, 0.25) is 5.02 Å². The van der Waals surface area contributed by atoms with Crippen molar-refractivity contribution >= 4 is 29.0 Å². The van der Waals surface area contributed by atoms with E-state index in [2.05, 4.69) is 0 Å². The summed E-state index contributed by atoms with van der Waals surface area (Å²) in [6.45, 7) is 6.14. The van der Waals surface area contributed by atoms with E-state index in [1.807, 2.05) is 25.3 Å². The zero-order chi connectivity index (χ0) is 19.4. The van der Waals surface area contributed by atoms with Gasteiger partial charge in [-0.05, 0) is 32.4 Å². The van der Waals surface area contributed by atoms with Gasteiger partial charge >= 0.3 is 5.97 Å². The molecule has 0 aliphatic carbocycles. The van der Waals surface area contributed by atoms with Crippen molar-refractivity contribution in [1.82, 2.24) is 4.57 Å². The maximum atomic E-state index is 12.4. The molecule has 0 N–H and O–H groups in total. The van der Waals surface area contributed by atoms with Crippen LogP contribution in [0, 0.1) is 24.0 Å². The molecule has 0 fully saturated rings. The molecule has 7 nitrogen and oxygen atoms in total. The van der Waals surface area contributed by atoms with Crippen LogP contribution < -0.4 is 0 Å². The highest BCUT2D eigenvalue weighted by atomic mass is 35.5. The summed E-state index contributed by atoms with van der Waals surface area (Å²) in [4.78, 5) is 34.7. The van der Waals surface area contributed by atoms with Gasteiger partial charge in [0.15, 0.2) is 6.61 Å². The van der Waals surface area contributed by atoms with Gasteiger partial charge in [-0.15, -0.1) is 0 Å². The molecule has 26 heavy (non-hydrogen) atoms. The third-order valence-corrected chi connectivity index (χ3v) is 4.37. The van der Waals surface area contributed by atoms with Crippen LogP contribution in [0.3, 0.4) is 0 Å². The number of carbonyl (C=O) groups excluding carboxylic acids is 2. The molecule has 0 unspecified atom stereocenters. The number of hydrogen-bond donors (Lipinski definition) is 0. The fourth-order valence-electron chi connectivity index (χ4n) is 2.72. The number of non-ortho nitro benzene ring substituents is 1. The van der Waals surface area contributed by atoms with Crippen LogP contribution in [-0.4, -0.2) is 27.8 Å². The Morgan fingerprint density at radius 1 is 1.23 bits per heavy atom. The van der Waals surface area contributed by atoms with Gasteiger partial charge in [-0.2, -0.15) is 0 Å². The normalized spacial score (nSPS) is 10.6. The molecule has 0 bridgehead atoms. The minimum absolute atomic E-state index is 0.0224. The highest BCUT2D eigenvalue weighted by Gasteiger charge is 2.20. The Morgan fingerprint density at radius 3 is 2.54 bits per heavy atom. The second-order valence-corrected chi connectivity index (χ2v) is 6.26. The number of halogens is 1. The Labute approximate surface area is 155 Å². The first-order valence-electron chi connectivity index (χ1n) is 8.07. The largest absolute Gasteiger partial charge is 0.454 e. The summed E-state index contributed by atoms with van der Waals surface area (Å²) in [5, 5.41) is 10.8. The molecule has 0 saturated carbocycles. The van der Waals surface area contributed by atoms with E-state index in [9.17, 15) is 19.7 Å². The predicted molar refractivity (Wildman–Crippen MR) is 96.9 cm³/mol. The van der Waals surface area contributed by atoms with E-state index < -0.39 is 17.5 Å². The van der Waals surface area contributed by atoms with Crippen molar-refractivity contribution in [3.63, 3.8) is 0 Å². The van der Waals surface area contributed by atoms with E-state index in [-0.39, 0.29) is 22.1 Å². The van der Waals surface area contributed by atoms with Crippen LogP contribution in [0.4, 0.5) is 5.69 Å². The first-order valence-corrected chi connectivity index (χ1v) is 8.45. The van der Waals surface area contributed by atoms with Crippen molar-refractivity contribution in [2.24, 2.45) is 0 Å². The van der Waals surface area contributed by atoms with Gasteiger partial charge in [-0.25, -0.2) is 4.79 Å². The number of Topliss-reactive ketones (excluding diaryl/α,β-unsaturated/α-hetero) is 1. The number of nitrogens with zero attached hydrogens (tertiary/aromatic N) is 2. The van der Waals surface area contributed by atoms with Crippen molar-refractivity contribution in [2.45, 2.75) is 33.7 Å². The van der Waals surface area contributed by atoms with Crippen LogP contribution in [-0.2, 0) is 11.3 Å². The van der Waals surface area contributed by atoms with Crippen LogP contribution in [0.15, 0.2) is 24.3 Å². The average molecular weight is 379 g/mol. The van der Waals surface area contributed by atoms with Crippen LogP contribution in [0.5, 0.6) is 0 Å². The molecule has 1 heterocycles. The average Bonchev–Trinajstić information content (AvgIpc) is 2.88. The van der Waals surface area contributed by atoms with E-state index >= 15 is 0 Å². The topological polar surface area (TPSA) is 91.4 Å². The number of aromatic nitrogens is 1. The molecule has 0 spiro atoms. The second kappa shape index (κ2) is 8.14. The number of ether oxygens (including phenoxy) is 1. The van der Waals surface area contributed by atoms with Crippen molar-refractivity contribution in [2.75, 3.05) is 6.61 Å². The lowest BCUT2D eigenvalue weighted by Gasteiger charge is -2.08. The first-order chi connectivity index (χ1) is 12.3. The molecule has 0 radical (unpaired) electrons. The Bertz CT molecular complexity index is 873. The molecule has 0 amide bonds. The Morgan fingerprint density at radius 2 is 1.92 bits per heavy atom. The molecule has 138 valence electrons. The van der Waals surface area contributed by atoms with Crippen molar-refractivity contribution in [1.29, 1.82) is 0 Å². The summed E-state index contributed by atoms with van der Waals surface area (Å²) in [7, 11) is 0. The molecule has 0 saturated heterocycles. The number of ketones is 1. The van der Waals surface area contributed by atoms with Gasteiger partial charge in [0.05, 0.1) is 15.5 Å². The van der Waals surface area contributed by atoms with E-state index in [1.165, 1.54) is 12.1 Å². The monoisotopic (exact) mass is 378 g/mol. The Balaban J connectivity index is 2.13. The fourth-order valence-corrected chi connectivity index (χ4v) is 2.92. The van der Waals surface area contributed by atoms with Gasteiger partial charge in [-0.3, -0.25) is 14.9 Å². The Kier molecular flexibility index (Phi) is 6.15.